The molecule has 1 aromatic heterocycles. The van der Waals surface area contributed by atoms with E-state index < -0.39 is 0 Å². The Bertz CT molecular complexity index is 592. The number of hydrogen-bond donors (Lipinski definition) is 0. The maximum absolute atomic E-state index is 11.5. The maximum Gasteiger partial charge on any atom is 0.240 e. The molecule has 0 bridgehead atoms. The van der Waals surface area contributed by atoms with Gasteiger partial charge in [0.25, 0.3) is 0 Å². The Balaban J connectivity index is 1.31. The molecule has 4 rings (SSSR count). The number of hydrogen-bond acceptors (Lipinski definition) is 6. The van der Waals surface area contributed by atoms with Gasteiger partial charge < -0.3 is 9.42 Å². The van der Waals surface area contributed by atoms with Crippen LogP contribution in [0.25, 0.3) is 0 Å². The van der Waals surface area contributed by atoms with Crippen molar-refractivity contribution in [2.24, 2.45) is 5.92 Å². The molecular formula is C17H27N5O2. The standard InChI is InChI=1S/C17H27N5O2/c1-12-9-20(11-16-18-17(19-24-16)14-3-4-14)10-15(12)22-7-5-21(6-8-22)13(2)23/h12,14-15H,3-11H2,1-2H3/t12-,15-/m1/s1. The van der Waals surface area contributed by atoms with Crippen LogP contribution in [0, 0.1) is 5.92 Å². The fraction of sp³-hybridized carbons (Fsp3) is 0.824. The topological polar surface area (TPSA) is 65.7 Å². The van der Waals surface area contributed by atoms with Crippen LogP contribution in [0.3, 0.4) is 0 Å². The van der Waals surface area contributed by atoms with Crippen LogP contribution in [0.2, 0.25) is 0 Å². The van der Waals surface area contributed by atoms with E-state index in [0.29, 0.717) is 17.9 Å². The van der Waals surface area contributed by atoms with Gasteiger partial charge in [0, 0.05) is 58.2 Å². The molecule has 132 valence electrons. The van der Waals surface area contributed by atoms with Gasteiger partial charge in [-0.15, -0.1) is 0 Å². The van der Waals surface area contributed by atoms with Gasteiger partial charge in [-0.3, -0.25) is 14.6 Å². The van der Waals surface area contributed by atoms with Crippen LogP contribution in [0.1, 0.15) is 44.3 Å². The molecule has 0 radical (unpaired) electrons. The Labute approximate surface area is 143 Å². The SMILES string of the molecule is CC(=O)N1CCN([C@@H]2CN(Cc3nc(C4CC4)no3)C[C@H]2C)CC1. The van der Waals surface area contributed by atoms with Gasteiger partial charge in [-0.1, -0.05) is 12.1 Å². The lowest BCUT2D eigenvalue weighted by Gasteiger charge is -2.39. The first-order chi connectivity index (χ1) is 11.6. The van der Waals surface area contributed by atoms with Crippen molar-refractivity contribution < 1.29 is 9.32 Å². The first kappa shape index (κ1) is 16.0. The maximum atomic E-state index is 11.5. The highest BCUT2D eigenvalue weighted by Gasteiger charge is 2.36. The molecule has 3 fully saturated rings. The van der Waals surface area contributed by atoms with E-state index in [9.17, 15) is 4.79 Å². The summed E-state index contributed by atoms with van der Waals surface area (Å²) in [5.41, 5.74) is 0. The molecule has 1 aliphatic carbocycles. The summed E-state index contributed by atoms with van der Waals surface area (Å²) in [6.07, 6.45) is 2.40. The summed E-state index contributed by atoms with van der Waals surface area (Å²) in [5, 5.41) is 4.11. The highest BCUT2D eigenvalue weighted by atomic mass is 16.5. The molecular weight excluding hydrogens is 306 g/mol. The number of piperazine rings is 1. The molecule has 2 atom stereocenters. The van der Waals surface area contributed by atoms with Crippen molar-refractivity contribution in [3.05, 3.63) is 11.7 Å². The minimum absolute atomic E-state index is 0.193. The average Bonchev–Trinajstić information content (AvgIpc) is 3.21. The first-order valence-corrected chi connectivity index (χ1v) is 9.14. The van der Waals surface area contributed by atoms with Gasteiger partial charge in [-0.25, -0.2) is 0 Å². The molecule has 7 heteroatoms. The van der Waals surface area contributed by atoms with Gasteiger partial charge in [-0.05, 0) is 18.8 Å². The zero-order valence-electron chi connectivity index (χ0n) is 14.6. The van der Waals surface area contributed by atoms with Crippen LogP contribution in [0.5, 0.6) is 0 Å². The Kier molecular flexibility index (Phi) is 4.30. The quantitative estimate of drug-likeness (QED) is 0.817. The van der Waals surface area contributed by atoms with Crippen molar-refractivity contribution in [2.75, 3.05) is 39.3 Å². The van der Waals surface area contributed by atoms with Gasteiger partial charge in [0.2, 0.25) is 11.8 Å². The van der Waals surface area contributed by atoms with Crippen molar-refractivity contribution in [2.45, 2.75) is 45.2 Å². The number of carbonyl (C=O) groups excluding carboxylic acids is 1. The lowest BCUT2D eigenvalue weighted by atomic mass is 10.0. The van der Waals surface area contributed by atoms with Gasteiger partial charge in [0.15, 0.2) is 5.82 Å². The lowest BCUT2D eigenvalue weighted by Crippen LogP contribution is -2.53. The molecule has 0 N–H and O–H groups in total. The zero-order chi connectivity index (χ0) is 16.7. The van der Waals surface area contributed by atoms with E-state index in [2.05, 4.69) is 26.9 Å². The molecule has 1 aromatic rings. The molecule has 7 nitrogen and oxygen atoms in total. The molecule has 1 saturated carbocycles. The summed E-state index contributed by atoms with van der Waals surface area (Å²) in [6, 6.07) is 0.560. The third-order valence-electron chi connectivity index (χ3n) is 5.66. The number of rotatable bonds is 4. The second-order valence-electron chi connectivity index (χ2n) is 7.60. The number of carbonyl (C=O) groups is 1. The van der Waals surface area contributed by atoms with Crippen molar-refractivity contribution in [3.8, 4) is 0 Å². The summed E-state index contributed by atoms with van der Waals surface area (Å²) in [5.74, 6) is 3.02. The smallest absolute Gasteiger partial charge is 0.240 e. The van der Waals surface area contributed by atoms with E-state index in [4.69, 9.17) is 4.52 Å². The molecule has 0 spiro atoms. The fourth-order valence-electron chi connectivity index (χ4n) is 4.05. The van der Waals surface area contributed by atoms with Crippen LogP contribution < -0.4 is 0 Å². The number of aromatic nitrogens is 2. The van der Waals surface area contributed by atoms with Crippen LogP contribution in [-0.2, 0) is 11.3 Å². The zero-order valence-corrected chi connectivity index (χ0v) is 14.6. The average molecular weight is 333 g/mol. The van der Waals surface area contributed by atoms with E-state index in [1.54, 1.807) is 6.92 Å². The summed E-state index contributed by atoms with van der Waals surface area (Å²) >= 11 is 0. The summed E-state index contributed by atoms with van der Waals surface area (Å²) in [6.45, 7) is 10.5. The molecule has 3 heterocycles. The van der Waals surface area contributed by atoms with Crippen LogP contribution in [0.15, 0.2) is 4.52 Å². The van der Waals surface area contributed by atoms with E-state index in [1.807, 2.05) is 4.90 Å². The third-order valence-corrected chi connectivity index (χ3v) is 5.66. The van der Waals surface area contributed by atoms with Crippen molar-refractivity contribution in [3.63, 3.8) is 0 Å². The van der Waals surface area contributed by atoms with E-state index in [-0.39, 0.29) is 5.91 Å². The van der Waals surface area contributed by atoms with Crippen LogP contribution in [-0.4, -0.2) is 76.1 Å². The van der Waals surface area contributed by atoms with Gasteiger partial charge in [0.05, 0.1) is 6.54 Å². The third kappa shape index (κ3) is 3.32. The lowest BCUT2D eigenvalue weighted by molar-refractivity contribution is -0.130. The highest BCUT2D eigenvalue weighted by Crippen LogP contribution is 2.38. The molecule has 2 saturated heterocycles. The van der Waals surface area contributed by atoms with Crippen molar-refractivity contribution in [1.29, 1.82) is 0 Å². The molecule has 24 heavy (non-hydrogen) atoms. The van der Waals surface area contributed by atoms with E-state index in [1.165, 1.54) is 12.8 Å². The predicted molar refractivity (Wildman–Crippen MR) is 88.3 cm³/mol. The monoisotopic (exact) mass is 333 g/mol. The predicted octanol–water partition coefficient (Wildman–Crippen LogP) is 0.931. The normalized spacial score (nSPS) is 29.3. The van der Waals surface area contributed by atoms with Gasteiger partial charge in [0.1, 0.15) is 0 Å². The summed E-state index contributed by atoms with van der Waals surface area (Å²) in [7, 11) is 0. The van der Waals surface area contributed by atoms with E-state index in [0.717, 1.165) is 57.5 Å². The van der Waals surface area contributed by atoms with Crippen molar-refractivity contribution >= 4 is 5.91 Å². The van der Waals surface area contributed by atoms with Gasteiger partial charge >= 0.3 is 0 Å². The summed E-state index contributed by atoms with van der Waals surface area (Å²) < 4.78 is 5.42. The number of amides is 1. The largest absolute Gasteiger partial charge is 0.340 e. The first-order valence-electron chi connectivity index (χ1n) is 9.14. The Morgan fingerprint density at radius 2 is 1.96 bits per heavy atom. The minimum atomic E-state index is 0.193. The molecule has 3 aliphatic rings. The van der Waals surface area contributed by atoms with Crippen molar-refractivity contribution in [1.82, 2.24) is 24.8 Å². The van der Waals surface area contributed by atoms with Gasteiger partial charge in [-0.2, -0.15) is 4.98 Å². The van der Waals surface area contributed by atoms with Crippen LogP contribution in [0.4, 0.5) is 0 Å². The Morgan fingerprint density at radius 3 is 2.62 bits per heavy atom. The minimum Gasteiger partial charge on any atom is -0.340 e. The molecule has 0 aromatic carbocycles. The Hall–Kier alpha value is -1.47. The van der Waals surface area contributed by atoms with Crippen LogP contribution >= 0.6 is 0 Å². The number of nitrogens with zero attached hydrogens (tertiary/aromatic N) is 5. The Morgan fingerprint density at radius 1 is 1.21 bits per heavy atom. The molecule has 0 unspecified atom stereocenters. The second-order valence-corrected chi connectivity index (χ2v) is 7.60. The van der Waals surface area contributed by atoms with E-state index >= 15 is 0 Å². The summed E-state index contributed by atoms with van der Waals surface area (Å²) in [4.78, 5) is 23.0. The molecule has 2 aliphatic heterocycles. The second kappa shape index (κ2) is 6.44. The number of likely N-dealkylation sites (tertiary alicyclic amines) is 1. The highest BCUT2D eigenvalue weighted by molar-refractivity contribution is 5.73. The molecule has 1 amide bonds. The fourth-order valence-corrected chi connectivity index (χ4v) is 4.05.